The topological polar surface area (TPSA) is 43.1 Å². The molecule has 2 aromatic heterocycles. The fourth-order valence-electron chi connectivity index (χ4n) is 0.910. The first kappa shape index (κ1) is 8.65. The first-order chi connectivity index (χ1) is 6.36. The lowest BCUT2D eigenvalue weighted by Gasteiger charge is -1.93. The molecule has 0 bridgehead atoms. The van der Waals surface area contributed by atoms with Gasteiger partial charge in [-0.2, -0.15) is 0 Å². The third-order valence-electron chi connectivity index (χ3n) is 1.49. The van der Waals surface area contributed by atoms with E-state index in [1.54, 1.807) is 6.07 Å². The molecule has 2 rings (SSSR count). The SMILES string of the molecule is O=S(Cc1ccon1)c1cccs1. The highest BCUT2D eigenvalue weighted by Crippen LogP contribution is 2.16. The van der Waals surface area contributed by atoms with E-state index in [2.05, 4.69) is 9.68 Å². The van der Waals surface area contributed by atoms with E-state index in [1.807, 2.05) is 17.5 Å². The van der Waals surface area contributed by atoms with Gasteiger partial charge >= 0.3 is 0 Å². The van der Waals surface area contributed by atoms with Crippen LogP contribution in [0.4, 0.5) is 0 Å². The van der Waals surface area contributed by atoms with Crippen LogP contribution in [0.1, 0.15) is 5.69 Å². The fraction of sp³-hybridized carbons (Fsp3) is 0.125. The molecule has 1 atom stereocenters. The average molecular weight is 213 g/mol. The molecular formula is C8H7NO2S2. The maximum Gasteiger partial charge on any atom is 0.124 e. The van der Waals surface area contributed by atoms with Crippen LogP contribution in [-0.2, 0) is 16.6 Å². The van der Waals surface area contributed by atoms with Crippen molar-refractivity contribution < 1.29 is 8.73 Å². The minimum atomic E-state index is -0.986. The number of nitrogens with zero attached hydrogens (tertiary/aromatic N) is 1. The molecule has 2 aromatic rings. The van der Waals surface area contributed by atoms with Gasteiger partial charge in [0.1, 0.15) is 6.26 Å². The Morgan fingerprint density at radius 1 is 1.54 bits per heavy atom. The molecule has 13 heavy (non-hydrogen) atoms. The van der Waals surface area contributed by atoms with Gasteiger partial charge in [-0.25, -0.2) is 0 Å². The highest BCUT2D eigenvalue weighted by Gasteiger charge is 2.07. The number of hydrogen-bond acceptors (Lipinski definition) is 4. The molecule has 5 heteroatoms. The van der Waals surface area contributed by atoms with Crippen molar-refractivity contribution in [3.63, 3.8) is 0 Å². The van der Waals surface area contributed by atoms with E-state index >= 15 is 0 Å². The lowest BCUT2D eigenvalue weighted by Crippen LogP contribution is -1.93. The molecule has 0 fully saturated rings. The molecule has 0 radical (unpaired) electrons. The third kappa shape index (κ3) is 2.05. The second kappa shape index (κ2) is 3.85. The Hall–Kier alpha value is -0.940. The molecule has 0 amide bonds. The summed E-state index contributed by atoms with van der Waals surface area (Å²) in [7, 11) is -0.986. The van der Waals surface area contributed by atoms with Crippen LogP contribution >= 0.6 is 11.3 Å². The minimum Gasteiger partial charge on any atom is -0.364 e. The summed E-state index contributed by atoms with van der Waals surface area (Å²) in [6.45, 7) is 0. The summed E-state index contributed by atoms with van der Waals surface area (Å²) in [6.07, 6.45) is 1.49. The Labute approximate surface area is 81.8 Å². The van der Waals surface area contributed by atoms with Gasteiger partial charge in [-0.15, -0.1) is 11.3 Å². The van der Waals surface area contributed by atoms with Crippen molar-refractivity contribution in [2.24, 2.45) is 0 Å². The van der Waals surface area contributed by atoms with Crippen LogP contribution in [0, 0.1) is 0 Å². The van der Waals surface area contributed by atoms with Gasteiger partial charge in [0.05, 0.1) is 26.5 Å². The van der Waals surface area contributed by atoms with Crippen LogP contribution < -0.4 is 0 Å². The minimum absolute atomic E-state index is 0.428. The summed E-state index contributed by atoms with van der Waals surface area (Å²) < 4.78 is 17.1. The molecule has 0 saturated heterocycles. The van der Waals surface area contributed by atoms with Gasteiger partial charge in [-0.1, -0.05) is 11.2 Å². The van der Waals surface area contributed by atoms with E-state index in [1.165, 1.54) is 17.6 Å². The summed E-state index contributed by atoms with van der Waals surface area (Å²) >= 11 is 1.49. The van der Waals surface area contributed by atoms with Gasteiger partial charge < -0.3 is 4.52 Å². The summed E-state index contributed by atoms with van der Waals surface area (Å²) in [6, 6.07) is 5.48. The maximum atomic E-state index is 11.6. The van der Waals surface area contributed by atoms with Crippen molar-refractivity contribution in [1.29, 1.82) is 0 Å². The van der Waals surface area contributed by atoms with E-state index in [0.717, 1.165) is 9.90 Å². The zero-order valence-electron chi connectivity index (χ0n) is 6.67. The zero-order chi connectivity index (χ0) is 9.10. The number of hydrogen-bond donors (Lipinski definition) is 0. The van der Waals surface area contributed by atoms with Gasteiger partial charge in [-0.05, 0) is 11.4 Å². The smallest absolute Gasteiger partial charge is 0.124 e. The quantitative estimate of drug-likeness (QED) is 0.783. The van der Waals surface area contributed by atoms with Crippen molar-refractivity contribution in [2.45, 2.75) is 9.96 Å². The van der Waals surface area contributed by atoms with Crippen LogP contribution in [0.25, 0.3) is 0 Å². The first-order valence-electron chi connectivity index (χ1n) is 3.67. The van der Waals surface area contributed by atoms with Crippen LogP contribution in [-0.4, -0.2) is 9.37 Å². The Morgan fingerprint density at radius 2 is 2.46 bits per heavy atom. The summed E-state index contributed by atoms with van der Waals surface area (Å²) in [5.74, 6) is 0.428. The molecule has 68 valence electrons. The van der Waals surface area contributed by atoms with Gasteiger partial charge in [0, 0.05) is 6.07 Å². The first-order valence-corrected chi connectivity index (χ1v) is 5.87. The average Bonchev–Trinajstić information content (AvgIpc) is 2.74. The van der Waals surface area contributed by atoms with Gasteiger partial charge in [0.15, 0.2) is 0 Å². The molecule has 0 aliphatic rings. The van der Waals surface area contributed by atoms with Crippen LogP contribution in [0.5, 0.6) is 0 Å². The zero-order valence-corrected chi connectivity index (χ0v) is 8.31. The van der Waals surface area contributed by atoms with E-state index in [0.29, 0.717) is 5.75 Å². The normalized spacial score (nSPS) is 12.9. The van der Waals surface area contributed by atoms with Crippen LogP contribution in [0.15, 0.2) is 38.6 Å². The highest BCUT2D eigenvalue weighted by molar-refractivity contribution is 7.86. The van der Waals surface area contributed by atoms with Crippen LogP contribution in [0.2, 0.25) is 0 Å². The molecule has 1 unspecified atom stereocenters. The van der Waals surface area contributed by atoms with Crippen molar-refractivity contribution in [2.75, 3.05) is 0 Å². The second-order valence-electron chi connectivity index (χ2n) is 2.41. The number of aromatic nitrogens is 1. The predicted molar refractivity (Wildman–Crippen MR) is 50.9 cm³/mol. The molecule has 0 aliphatic heterocycles. The summed E-state index contributed by atoms with van der Waals surface area (Å²) in [5, 5.41) is 5.62. The van der Waals surface area contributed by atoms with E-state index in [4.69, 9.17) is 0 Å². The molecule has 3 nitrogen and oxygen atoms in total. The van der Waals surface area contributed by atoms with Gasteiger partial charge in [-0.3, -0.25) is 4.21 Å². The Balaban J connectivity index is 2.08. The van der Waals surface area contributed by atoms with Gasteiger partial charge in [0.2, 0.25) is 0 Å². The predicted octanol–water partition coefficient (Wildman–Crippen LogP) is 2.04. The van der Waals surface area contributed by atoms with Crippen LogP contribution in [0.3, 0.4) is 0 Å². The number of thiophene rings is 1. The lowest BCUT2D eigenvalue weighted by molar-refractivity contribution is 0.414. The molecule has 0 saturated carbocycles. The largest absolute Gasteiger partial charge is 0.364 e. The van der Waals surface area contributed by atoms with Crippen molar-refractivity contribution in [1.82, 2.24) is 5.16 Å². The monoisotopic (exact) mass is 213 g/mol. The molecular weight excluding hydrogens is 206 g/mol. The Morgan fingerprint density at radius 3 is 3.08 bits per heavy atom. The molecule has 0 aromatic carbocycles. The fourth-order valence-corrected chi connectivity index (χ4v) is 2.92. The standard InChI is InChI=1S/C8H7NO2S2/c10-13(8-2-1-5-12-8)6-7-3-4-11-9-7/h1-5H,6H2. The van der Waals surface area contributed by atoms with E-state index in [9.17, 15) is 4.21 Å². The summed E-state index contributed by atoms with van der Waals surface area (Å²) in [4.78, 5) is 0. The highest BCUT2D eigenvalue weighted by atomic mass is 32.2. The summed E-state index contributed by atoms with van der Waals surface area (Å²) in [5.41, 5.74) is 0.728. The van der Waals surface area contributed by atoms with Crippen molar-refractivity contribution in [3.05, 3.63) is 35.5 Å². The maximum absolute atomic E-state index is 11.6. The second-order valence-corrected chi connectivity index (χ2v) is 5.04. The molecule has 2 heterocycles. The van der Waals surface area contributed by atoms with E-state index in [-0.39, 0.29) is 0 Å². The third-order valence-corrected chi connectivity index (χ3v) is 4.14. The van der Waals surface area contributed by atoms with E-state index < -0.39 is 10.8 Å². The molecule has 0 N–H and O–H groups in total. The lowest BCUT2D eigenvalue weighted by atomic mass is 10.5. The Bertz CT molecular complexity index is 380. The molecule has 0 aliphatic carbocycles. The number of rotatable bonds is 3. The Kier molecular flexibility index (Phi) is 2.56. The molecule has 0 spiro atoms. The van der Waals surface area contributed by atoms with Crippen molar-refractivity contribution >= 4 is 22.1 Å². The van der Waals surface area contributed by atoms with Crippen molar-refractivity contribution in [3.8, 4) is 0 Å². The van der Waals surface area contributed by atoms with Gasteiger partial charge in [0.25, 0.3) is 0 Å².